The Kier molecular flexibility index (Phi) is 3.87. The van der Waals surface area contributed by atoms with Gasteiger partial charge in [-0.25, -0.2) is 9.97 Å². The third kappa shape index (κ3) is 2.80. The number of nitrogens with zero attached hydrogens (tertiary/aromatic N) is 4. The van der Waals surface area contributed by atoms with Gasteiger partial charge in [0, 0.05) is 13.6 Å². The molecule has 0 bridgehead atoms. The lowest BCUT2D eigenvalue weighted by Crippen LogP contribution is -2.20. The van der Waals surface area contributed by atoms with Gasteiger partial charge in [0.2, 0.25) is 0 Å². The van der Waals surface area contributed by atoms with E-state index in [1.165, 1.54) is 0 Å². The molecule has 80 valence electrons. The van der Waals surface area contributed by atoms with Crippen molar-refractivity contribution < 1.29 is 0 Å². The number of anilines is 1. The largest absolute Gasteiger partial charge is 0.356 e. The molecule has 0 saturated heterocycles. The van der Waals surface area contributed by atoms with E-state index in [1.54, 1.807) is 0 Å². The summed E-state index contributed by atoms with van der Waals surface area (Å²) >= 11 is 5.98. The molecule has 0 fully saturated rings. The number of hydrogen-bond donors (Lipinski definition) is 0. The second-order valence-electron chi connectivity index (χ2n) is 3.34. The van der Waals surface area contributed by atoms with Crippen LogP contribution in [0.3, 0.4) is 0 Å². The summed E-state index contributed by atoms with van der Waals surface area (Å²) in [6.45, 7) is 4.36. The van der Waals surface area contributed by atoms with E-state index in [0.29, 0.717) is 23.9 Å². The molecule has 1 rings (SSSR count). The van der Waals surface area contributed by atoms with Gasteiger partial charge in [-0.3, -0.25) is 0 Å². The fourth-order valence-electron chi connectivity index (χ4n) is 1.13. The third-order valence-electron chi connectivity index (χ3n) is 2.17. The predicted octanol–water partition coefficient (Wildman–Crippen LogP) is 2.10. The Balaban J connectivity index is 2.94. The van der Waals surface area contributed by atoms with Crippen molar-refractivity contribution in [3.05, 3.63) is 16.5 Å². The maximum atomic E-state index is 8.48. The average molecular weight is 225 g/mol. The average Bonchev–Trinajstić information content (AvgIpc) is 2.20. The second kappa shape index (κ2) is 4.94. The molecule has 4 nitrogen and oxygen atoms in total. The van der Waals surface area contributed by atoms with Gasteiger partial charge >= 0.3 is 0 Å². The zero-order chi connectivity index (χ0) is 11.4. The predicted molar refractivity (Wildman–Crippen MR) is 60.0 cm³/mol. The molecule has 0 radical (unpaired) electrons. The summed E-state index contributed by atoms with van der Waals surface area (Å²) in [7, 11) is 1.85. The number of aryl methyl sites for hydroxylation is 2. The van der Waals surface area contributed by atoms with Gasteiger partial charge in [0.15, 0.2) is 11.0 Å². The van der Waals surface area contributed by atoms with Gasteiger partial charge in [-0.15, -0.1) is 0 Å². The van der Waals surface area contributed by atoms with Crippen molar-refractivity contribution in [2.75, 3.05) is 18.5 Å². The van der Waals surface area contributed by atoms with E-state index in [9.17, 15) is 0 Å². The topological polar surface area (TPSA) is 52.8 Å². The minimum Gasteiger partial charge on any atom is -0.356 e. The number of halogens is 1. The number of hydrogen-bond acceptors (Lipinski definition) is 4. The van der Waals surface area contributed by atoms with Crippen LogP contribution in [-0.2, 0) is 0 Å². The van der Waals surface area contributed by atoms with E-state index >= 15 is 0 Å². The fraction of sp³-hybridized carbons (Fsp3) is 0.500. The molecule has 1 aromatic rings. The monoisotopic (exact) mass is 224 g/mol. The van der Waals surface area contributed by atoms with Crippen LogP contribution in [0.15, 0.2) is 0 Å². The van der Waals surface area contributed by atoms with Crippen LogP contribution in [0.5, 0.6) is 0 Å². The Morgan fingerprint density at radius 2 is 1.93 bits per heavy atom. The van der Waals surface area contributed by atoms with Crippen molar-refractivity contribution in [3.8, 4) is 6.07 Å². The minimum absolute atomic E-state index is 0.388. The first-order chi connectivity index (χ1) is 7.06. The first kappa shape index (κ1) is 11.7. The molecule has 5 heteroatoms. The molecule has 0 spiro atoms. The van der Waals surface area contributed by atoms with Gasteiger partial charge in [-0.1, -0.05) is 11.6 Å². The maximum Gasteiger partial charge on any atom is 0.171 e. The molecule has 0 aliphatic carbocycles. The maximum absolute atomic E-state index is 8.48. The van der Waals surface area contributed by atoms with E-state index in [-0.39, 0.29) is 0 Å². The minimum atomic E-state index is 0.388. The van der Waals surface area contributed by atoms with Gasteiger partial charge in [0.05, 0.1) is 23.9 Å². The van der Waals surface area contributed by atoms with E-state index < -0.39 is 0 Å². The zero-order valence-corrected chi connectivity index (χ0v) is 9.84. The first-order valence-electron chi connectivity index (χ1n) is 4.65. The van der Waals surface area contributed by atoms with Crippen LogP contribution in [-0.4, -0.2) is 23.6 Å². The number of nitriles is 1. The summed E-state index contributed by atoms with van der Waals surface area (Å²) < 4.78 is 0. The van der Waals surface area contributed by atoms with Crippen LogP contribution >= 0.6 is 11.6 Å². The first-order valence-corrected chi connectivity index (χ1v) is 5.03. The second-order valence-corrected chi connectivity index (χ2v) is 3.70. The van der Waals surface area contributed by atoms with Crippen LogP contribution < -0.4 is 4.90 Å². The summed E-state index contributed by atoms with van der Waals surface area (Å²) in [5, 5.41) is 8.87. The van der Waals surface area contributed by atoms with Crippen molar-refractivity contribution in [2.45, 2.75) is 20.3 Å². The highest BCUT2D eigenvalue weighted by Gasteiger charge is 2.10. The van der Waals surface area contributed by atoms with Gasteiger partial charge in [0.1, 0.15) is 0 Å². The molecule has 15 heavy (non-hydrogen) atoms. The highest BCUT2D eigenvalue weighted by atomic mass is 35.5. The molecular weight excluding hydrogens is 212 g/mol. The molecular formula is C10H13ClN4. The van der Waals surface area contributed by atoms with Crippen molar-refractivity contribution >= 4 is 17.4 Å². The quantitative estimate of drug-likeness (QED) is 0.789. The summed E-state index contributed by atoms with van der Waals surface area (Å²) in [5.41, 5.74) is 1.69. The highest BCUT2D eigenvalue weighted by molar-refractivity contribution is 6.31. The van der Waals surface area contributed by atoms with Crippen LogP contribution in [0.25, 0.3) is 0 Å². The normalized spacial score (nSPS) is 9.80. The molecule has 0 amide bonds. The highest BCUT2D eigenvalue weighted by Crippen LogP contribution is 2.21. The van der Waals surface area contributed by atoms with Crippen molar-refractivity contribution in [1.82, 2.24) is 9.97 Å². The van der Waals surface area contributed by atoms with Gasteiger partial charge < -0.3 is 4.90 Å². The summed E-state index contributed by atoms with van der Waals surface area (Å²) in [6, 6.07) is 2.08. The molecule has 0 saturated carbocycles. The summed E-state index contributed by atoms with van der Waals surface area (Å²) in [4.78, 5) is 10.4. The molecule has 1 aromatic heterocycles. The lowest BCUT2D eigenvalue weighted by atomic mass is 10.3. The Morgan fingerprint density at radius 1 is 1.33 bits per heavy atom. The molecule has 0 aliphatic rings. The summed E-state index contributed by atoms with van der Waals surface area (Å²) in [6.07, 6.45) is 0.446. The zero-order valence-electron chi connectivity index (χ0n) is 9.08. The molecule has 0 aromatic carbocycles. The smallest absolute Gasteiger partial charge is 0.171 e. The third-order valence-corrected chi connectivity index (χ3v) is 2.42. The molecule has 0 N–H and O–H groups in total. The Hall–Kier alpha value is -1.34. The SMILES string of the molecule is Cc1nc(Cl)c(N(C)CCC#N)nc1C. The van der Waals surface area contributed by atoms with Crippen LogP contribution in [0.2, 0.25) is 5.15 Å². The standard InChI is InChI=1S/C10H13ClN4/c1-7-8(2)14-10(9(11)13-7)15(3)6-4-5-12/h4,6H2,1-3H3. The molecule has 0 atom stereocenters. The Labute approximate surface area is 94.5 Å². The van der Waals surface area contributed by atoms with Gasteiger partial charge in [-0.2, -0.15) is 5.26 Å². The van der Waals surface area contributed by atoms with Crippen LogP contribution in [0.4, 0.5) is 5.82 Å². The Morgan fingerprint density at radius 3 is 2.53 bits per heavy atom. The van der Waals surface area contributed by atoms with Crippen LogP contribution in [0.1, 0.15) is 17.8 Å². The number of aromatic nitrogens is 2. The van der Waals surface area contributed by atoms with E-state index in [0.717, 1.165) is 11.4 Å². The van der Waals surface area contributed by atoms with Crippen molar-refractivity contribution in [3.63, 3.8) is 0 Å². The Bertz CT molecular complexity index is 397. The molecule has 0 unspecified atom stereocenters. The molecule has 1 heterocycles. The lowest BCUT2D eigenvalue weighted by Gasteiger charge is -2.18. The van der Waals surface area contributed by atoms with Crippen molar-refractivity contribution in [1.29, 1.82) is 5.26 Å². The van der Waals surface area contributed by atoms with E-state index in [4.69, 9.17) is 16.9 Å². The van der Waals surface area contributed by atoms with E-state index in [2.05, 4.69) is 16.0 Å². The van der Waals surface area contributed by atoms with Gasteiger partial charge in [0.25, 0.3) is 0 Å². The van der Waals surface area contributed by atoms with Crippen LogP contribution in [0, 0.1) is 25.2 Å². The lowest BCUT2D eigenvalue weighted by molar-refractivity contribution is 0.867. The van der Waals surface area contributed by atoms with Crippen molar-refractivity contribution in [2.24, 2.45) is 0 Å². The van der Waals surface area contributed by atoms with E-state index in [1.807, 2.05) is 25.8 Å². The van der Waals surface area contributed by atoms with Gasteiger partial charge in [-0.05, 0) is 13.8 Å². The summed E-state index contributed by atoms with van der Waals surface area (Å²) in [5.74, 6) is 0.634. The molecule has 0 aliphatic heterocycles. The number of rotatable bonds is 3. The fourth-order valence-corrected chi connectivity index (χ4v) is 1.44.